The first-order valence-corrected chi connectivity index (χ1v) is 9.14. The Balaban J connectivity index is 1.68. The van der Waals surface area contributed by atoms with E-state index < -0.39 is 10.0 Å². The maximum atomic E-state index is 11.9. The molecule has 19 heavy (non-hydrogen) atoms. The van der Waals surface area contributed by atoms with Crippen LogP contribution in [-0.4, -0.2) is 20.2 Å². The molecule has 2 aliphatic rings. The Kier molecular flexibility index (Phi) is 5.23. The van der Waals surface area contributed by atoms with Gasteiger partial charge < -0.3 is 0 Å². The standard InChI is InChI=1S/C14H24N2O2S/c15-9-5-2-6-10-19(17,18)16-14-11-13(14)12-7-3-1-4-8-12/h12-14,16H,1-8,10-11H2/t13-,14-/m0/s1. The largest absolute Gasteiger partial charge is 0.212 e. The van der Waals surface area contributed by atoms with Gasteiger partial charge in [0.15, 0.2) is 0 Å². The molecule has 2 saturated carbocycles. The van der Waals surface area contributed by atoms with Crippen LogP contribution < -0.4 is 4.72 Å². The molecule has 0 aromatic heterocycles. The molecule has 0 aromatic carbocycles. The van der Waals surface area contributed by atoms with Crippen molar-refractivity contribution in [2.75, 3.05) is 5.75 Å². The van der Waals surface area contributed by atoms with Crippen LogP contribution in [0.4, 0.5) is 0 Å². The summed E-state index contributed by atoms with van der Waals surface area (Å²) in [6.07, 6.45) is 9.28. The van der Waals surface area contributed by atoms with Gasteiger partial charge in [0.1, 0.15) is 0 Å². The summed E-state index contributed by atoms with van der Waals surface area (Å²) in [6.45, 7) is 0. The Morgan fingerprint density at radius 2 is 1.89 bits per heavy atom. The summed E-state index contributed by atoms with van der Waals surface area (Å²) >= 11 is 0. The van der Waals surface area contributed by atoms with E-state index in [1.165, 1.54) is 32.1 Å². The molecule has 2 atom stereocenters. The summed E-state index contributed by atoms with van der Waals surface area (Å²) in [5, 5.41) is 8.41. The summed E-state index contributed by atoms with van der Waals surface area (Å²) in [6, 6.07) is 2.24. The first kappa shape index (κ1) is 14.8. The van der Waals surface area contributed by atoms with E-state index in [1.54, 1.807) is 0 Å². The van der Waals surface area contributed by atoms with E-state index >= 15 is 0 Å². The van der Waals surface area contributed by atoms with Crippen molar-refractivity contribution in [1.82, 2.24) is 4.72 Å². The van der Waals surface area contributed by atoms with Gasteiger partial charge in [-0.3, -0.25) is 0 Å². The van der Waals surface area contributed by atoms with E-state index in [-0.39, 0.29) is 11.8 Å². The van der Waals surface area contributed by atoms with Crippen LogP contribution in [0, 0.1) is 23.2 Å². The Morgan fingerprint density at radius 1 is 1.16 bits per heavy atom. The second-order valence-electron chi connectivity index (χ2n) is 5.96. The molecule has 1 N–H and O–H groups in total. The van der Waals surface area contributed by atoms with Crippen LogP contribution in [0.15, 0.2) is 0 Å². The van der Waals surface area contributed by atoms with Crippen LogP contribution in [-0.2, 0) is 10.0 Å². The predicted octanol–water partition coefficient (Wildman–Crippen LogP) is 2.57. The van der Waals surface area contributed by atoms with Crippen molar-refractivity contribution in [2.24, 2.45) is 11.8 Å². The zero-order chi connectivity index (χ0) is 13.7. The fourth-order valence-corrected chi connectivity index (χ4v) is 4.65. The first-order chi connectivity index (χ1) is 9.12. The van der Waals surface area contributed by atoms with Crippen molar-refractivity contribution in [3.05, 3.63) is 0 Å². The highest BCUT2D eigenvalue weighted by Gasteiger charge is 2.44. The SMILES string of the molecule is N#CCCCCS(=O)(=O)N[C@H]1C[C@H]1C1CCCCC1. The number of unbranched alkanes of at least 4 members (excludes halogenated alkanes) is 2. The average molecular weight is 284 g/mol. The molecule has 0 bridgehead atoms. The Morgan fingerprint density at radius 3 is 2.58 bits per heavy atom. The summed E-state index contributed by atoms with van der Waals surface area (Å²) < 4.78 is 26.6. The Bertz CT molecular complexity index is 421. The van der Waals surface area contributed by atoms with Gasteiger partial charge in [-0.2, -0.15) is 5.26 Å². The van der Waals surface area contributed by atoms with Crippen molar-refractivity contribution in [2.45, 2.75) is 63.8 Å². The minimum Gasteiger partial charge on any atom is -0.212 e. The second kappa shape index (κ2) is 6.71. The number of nitrogens with zero attached hydrogens (tertiary/aromatic N) is 1. The van der Waals surface area contributed by atoms with Crippen molar-refractivity contribution in [3.63, 3.8) is 0 Å². The molecule has 5 heteroatoms. The predicted molar refractivity (Wildman–Crippen MR) is 74.9 cm³/mol. The van der Waals surface area contributed by atoms with Gasteiger partial charge in [0.2, 0.25) is 10.0 Å². The highest BCUT2D eigenvalue weighted by molar-refractivity contribution is 7.89. The lowest BCUT2D eigenvalue weighted by Crippen LogP contribution is -2.30. The average Bonchev–Trinajstić information content (AvgIpc) is 3.14. The van der Waals surface area contributed by atoms with Gasteiger partial charge in [-0.1, -0.05) is 32.1 Å². The third-order valence-corrected chi connectivity index (χ3v) is 5.87. The lowest BCUT2D eigenvalue weighted by molar-refractivity contribution is 0.316. The van der Waals surface area contributed by atoms with Crippen molar-refractivity contribution < 1.29 is 8.42 Å². The number of hydrogen-bond donors (Lipinski definition) is 1. The molecule has 0 amide bonds. The number of nitrogens with one attached hydrogen (secondary N) is 1. The number of rotatable bonds is 7. The summed E-state index contributed by atoms with van der Waals surface area (Å²) in [5.41, 5.74) is 0. The summed E-state index contributed by atoms with van der Waals surface area (Å²) in [4.78, 5) is 0. The molecular weight excluding hydrogens is 260 g/mol. The van der Waals surface area contributed by atoms with Gasteiger partial charge >= 0.3 is 0 Å². The molecule has 2 fully saturated rings. The fraction of sp³-hybridized carbons (Fsp3) is 0.929. The minimum absolute atomic E-state index is 0.169. The van der Waals surface area contributed by atoms with Gasteiger partial charge in [0.05, 0.1) is 11.8 Å². The van der Waals surface area contributed by atoms with Crippen molar-refractivity contribution in [1.29, 1.82) is 5.26 Å². The van der Waals surface area contributed by atoms with E-state index in [0.717, 1.165) is 12.3 Å². The molecule has 0 radical (unpaired) electrons. The molecule has 2 aliphatic carbocycles. The topological polar surface area (TPSA) is 70.0 Å². The van der Waals surface area contributed by atoms with Crippen LogP contribution in [0.25, 0.3) is 0 Å². The molecule has 0 heterocycles. The molecule has 4 nitrogen and oxygen atoms in total. The van der Waals surface area contributed by atoms with Crippen LogP contribution in [0.2, 0.25) is 0 Å². The lowest BCUT2D eigenvalue weighted by atomic mass is 9.86. The number of hydrogen-bond acceptors (Lipinski definition) is 3. The summed E-state index contributed by atoms with van der Waals surface area (Å²) in [7, 11) is -3.13. The molecular formula is C14H24N2O2S. The van der Waals surface area contributed by atoms with Crippen LogP contribution in [0.5, 0.6) is 0 Å². The van der Waals surface area contributed by atoms with E-state index in [4.69, 9.17) is 5.26 Å². The highest BCUT2D eigenvalue weighted by atomic mass is 32.2. The first-order valence-electron chi connectivity index (χ1n) is 7.49. The van der Waals surface area contributed by atoms with Gasteiger partial charge in [-0.25, -0.2) is 13.1 Å². The third kappa shape index (κ3) is 4.77. The molecule has 0 aliphatic heterocycles. The molecule has 2 rings (SSSR count). The maximum absolute atomic E-state index is 11.9. The zero-order valence-electron chi connectivity index (χ0n) is 11.5. The number of sulfonamides is 1. The van der Waals surface area contributed by atoms with Gasteiger partial charge in [0.25, 0.3) is 0 Å². The van der Waals surface area contributed by atoms with Gasteiger partial charge in [-0.05, 0) is 31.1 Å². The maximum Gasteiger partial charge on any atom is 0.211 e. The second-order valence-corrected chi connectivity index (χ2v) is 7.83. The summed E-state index contributed by atoms with van der Waals surface area (Å²) in [5.74, 6) is 1.51. The molecule has 0 aromatic rings. The van der Waals surface area contributed by atoms with E-state index in [9.17, 15) is 8.42 Å². The smallest absolute Gasteiger partial charge is 0.211 e. The normalized spacial score (nSPS) is 27.9. The molecule has 0 spiro atoms. The van der Waals surface area contributed by atoms with E-state index in [0.29, 0.717) is 25.2 Å². The van der Waals surface area contributed by atoms with E-state index in [1.807, 2.05) is 6.07 Å². The van der Waals surface area contributed by atoms with E-state index in [2.05, 4.69) is 4.72 Å². The Labute approximate surface area is 116 Å². The number of nitriles is 1. The van der Waals surface area contributed by atoms with Crippen molar-refractivity contribution in [3.8, 4) is 6.07 Å². The fourth-order valence-electron chi connectivity index (χ4n) is 3.22. The monoisotopic (exact) mass is 284 g/mol. The lowest BCUT2D eigenvalue weighted by Gasteiger charge is -2.21. The van der Waals surface area contributed by atoms with Gasteiger partial charge in [-0.15, -0.1) is 0 Å². The van der Waals surface area contributed by atoms with Crippen LogP contribution in [0.1, 0.15) is 57.8 Å². The van der Waals surface area contributed by atoms with Crippen LogP contribution in [0.3, 0.4) is 0 Å². The Hall–Kier alpha value is -0.600. The minimum atomic E-state index is -3.13. The zero-order valence-corrected chi connectivity index (χ0v) is 12.3. The van der Waals surface area contributed by atoms with Gasteiger partial charge in [0, 0.05) is 12.5 Å². The highest BCUT2D eigenvalue weighted by Crippen LogP contribution is 2.44. The third-order valence-electron chi connectivity index (χ3n) is 4.38. The quantitative estimate of drug-likeness (QED) is 0.730. The van der Waals surface area contributed by atoms with Crippen molar-refractivity contribution >= 4 is 10.0 Å². The molecule has 108 valence electrons. The molecule has 0 unspecified atom stereocenters. The van der Waals surface area contributed by atoms with Crippen LogP contribution >= 0.6 is 0 Å². The molecule has 0 saturated heterocycles.